The number of amides is 1. The molecule has 0 bridgehead atoms. The van der Waals surface area contributed by atoms with Gasteiger partial charge in [0, 0.05) is 29.7 Å². The van der Waals surface area contributed by atoms with Crippen molar-refractivity contribution < 1.29 is 13.2 Å². The standard InChI is InChI=1S/C20H25BrN2O3S/c21-18-6-8-19(9-7-18)27(25,26)23-14-11-17(12-15-23)20(24)22-13-10-16-4-2-1-3-5-16/h4,6-9,11H,1-3,5,10,12-15H2,(H,22,24). The number of benzene rings is 1. The molecule has 0 fully saturated rings. The summed E-state index contributed by atoms with van der Waals surface area (Å²) in [6.07, 6.45) is 10.2. The Bertz CT molecular complexity index is 844. The van der Waals surface area contributed by atoms with Crippen LogP contribution in [0.25, 0.3) is 0 Å². The molecule has 0 saturated heterocycles. The molecule has 0 atom stereocenters. The lowest BCUT2D eigenvalue weighted by molar-refractivity contribution is -0.117. The number of nitrogens with one attached hydrogen (secondary N) is 1. The summed E-state index contributed by atoms with van der Waals surface area (Å²) in [5.41, 5.74) is 2.11. The first-order valence-electron chi connectivity index (χ1n) is 9.38. The van der Waals surface area contributed by atoms with Crippen molar-refractivity contribution in [1.29, 1.82) is 0 Å². The van der Waals surface area contributed by atoms with Crippen LogP contribution in [0.15, 0.2) is 56.9 Å². The van der Waals surface area contributed by atoms with Crippen LogP contribution in [0.2, 0.25) is 0 Å². The van der Waals surface area contributed by atoms with Crippen LogP contribution < -0.4 is 5.32 Å². The largest absolute Gasteiger partial charge is 0.352 e. The van der Waals surface area contributed by atoms with E-state index in [1.165, 1.54) is 22.7 Å². The number of hydrogen-bond acceptors (Lipinski definition) is 3. The minimum absolute atomic E-state index is 0.0768. The Morgan fingerprint density at radius 2 is 1.89 bits per heavy atom. The van der Waals surface area contributed by atoms with Crippen molar-refractivity contribution in [2.45, 2.75) is 43.4 Å². The molecule has 1 aliphatic carbocycles. The van der Waals surface area contributed by atoms with Gasteiger partial charge in [0.25, 0.3) is 0 Å². The number of sulfonamides is 1. The Morgan fingerprint density at radius 1 is 1.11 bits per heavy atom. The van der Waals surface area contributed by atoms with E-state index in [4.69, 9.17) is 0 Å². The van der Waals surface area contributed by atoms with Crippen molar-refractivity contribution in [3.8, 4) is 0 Å². The van der Waals surface area contributed by atoms with Crippen molar-refractivity contribution in [1.82, 2.24) is 9.62 Å². The monoisotopic (exact) mass is 452 g/mol. The summed E-state index contributed by atoms with van der Waals surface area (Å²) in [5, 5.41) is 2.97. The number of halogens is 1. The summed E-state index contributed by atoms with van der Waals surface area (Å²) in [6.45, 7) is 1.19. The summed E-state index contributed by atoms with van der Waals surface area (Å²) >= 11 is 3.31. The first kappa shape index (κ1) is 20.3. The molecule has 27 heavy (non-hydrogen) atoms. The number of carbonyl (C=O) groups is 1. The van der Waals surface area contributed by atoms with Crippen LogP contribution in [0, 0.1) is 0 Å². The number of hydrogen-bond donors (Lipinski definition) is 1. The predicted molar refractivity (Wildman–Crippen MR) is 110 cm³/mol. The molecule has 5 nitrogen and oxygen atoms in total. The van der Waals surface area contributed by atoms with Crippen LogP contribution in [0.5, 0.6) is 0 Å². The fourth-order valence-corrected chi connectivity index (χ4v) is 5.06. The maximum atomic E-state index is 12.7. The van der Waals surface area contributed by atoms with E-state index in [0.717, 1.165) is 23.7 Å². The summed E-state index contributed by atoms with van der Waals surface area (Å²) in [4.78, 5) is 12.6. The Balaban J connectivity index is 1.53. The molecule has 1 N–H and O–H groups in total. The van der Waals surface area contributed by atoms with Gasteiger partial charge in [-0.25, -0.2) is 8.42 Å². The second kappa shape index (κ2) is 9.17. The second-order valence-corrected chi connectivity index (χ2v) is 9.76. The lowest BCUT2D eigenvalue weighted by atomic mass is 9.97. The van der Waals surface area contributed by atoms with Crippen LogP contribution in [0.4, 0.5) is 0 Å². The van der Waals surface area contributed by atoms with Crippen molar-refractivity contribution in [2.75, 3.05) is 19.6 Å². The SMILES string of the molecule is O=C(NCCC1=CCCCC1)C1=CCN(S(=O)(=O)c2ccc(Br)cc2)CC1. The van der Waals surface area contributed by atoms with Gasteiger partial charge in [0.1, 0.15) is 0 Å². The van der Waals surface area contributed by atoms with E-state index in [9.17, 15) is 13.2 Å². The van der Waals surface area contributed by atoms with E-state index in [0.29, 0.717) is 25.1 Å². The molecule has 2 aliphatic rings. The first-order valence-corrected chi connectivity index (χ1v) is 11.6. The van der Waals surface area contributed by atoms with Crippen LogP contribution in [0.3, 0.4) is 0 Å². The Labute approximate surface area is 169 Å². The highest BCUT2D eigenvalue weighted by atomic mass is 79.9. The predicted octanol–water partition coefficient (Wildman–Crippen LogP) is 3.78. The smallest absolute Gasteiger partial charge is 0.246 e. The van der Waals surface area contributed by atoms with Gasteiger partial charge in [-0.2, -0.15) is 4.31 Å². The Hall–Kier alpha value is -1.44. The molecule has 1 aromatic rings. The molecule has 3 rings (SSSR count). The Morgan fingerprint density at radius 3 is 2.52 bits per heavy atom. The highest BCUT2D eigenvalue weighted by Gasteiger charge is 2.27. The topological polar surface area (TPSA) is 66.5 Å². The van der Waals surface area contributed by atoms with Crippen molar-refractivity contribution in [3.63, 3.8) is 0 Å². The third-order valence-corrected chi connectivity index (χ3v) is 7.44. The number of rotatable bonds is 6. The highest BCUT2D eigenvalue weighted by molar-refractivity contribution is 9.10. The van der Waals surface area contributed by atoms with E-state index in [-0.39, 0.29) is 17.3 Å². The molecule has 7 heteroatoms. The molecule has 0 saturated carbocycles. The molecule has 1 aliphatic heterocycles. The van der Waals surface area contributed by atoms with E-state index in [1.807, 2.05) is 0 Å². The van der Waals surface area contributed by atoms with Gasteiger partial charge in [0.2, 0.25) is 15.9 Å². The van der Waals surface area contributed by atoms with E-state index >= 15 is 0 Å². The van der Waals surface area contributed by atoms with E-state index in [1.54, 1.807) is 30.3 Å². The average Bonchev–Trinajstić information content (AvgIpc) is 2.69. The minimum Gasteiger partial charge on any atom is -0.352 e. The van der Waals surface area contributed by atoms with Gasteiger partial charge in [0.15, 0.2) is 0 Å². The molecule has 0 spiro atoms. The summed E-state index contributed by atoms with van der Waals surface area (Å²) in [6, 6.07) is 6.61. The lowest BCUT2D eigenvalue weighted by Crippen LogP contribution is -2.37. The third kappa shape index (κ3) is 5.30. The molecule has 0 radical (unpaired) electrons. The van der Waals surface area contributed by atoms with Crippen LogP contribution >= 0.6 is 15.9 Å². The first-order chi connectivity index (χ1) is 13.0. The summed E-state index contributed by atoms with van der Waals surface area (Å²) in [7, 11) is -3.53. The molecule has 146 valence electrons. The molecular formula is C20H25BrN2O3S. The van der Waals surface area contributed by atoms with Gasteiger partial charge in [-0.05, 0) is 62.8 Å². The molecule has 1 amide bonds. The van der Waals surface area contributed by atoms with Gasteiger partial charge in [-0.1, -0.05) is 33.7 Å². The molecule has 0 unspecified atom stereocenters. The zero-order valence-corrected chi connectivity index (χ0v) is 17.7. The summed E-state index contributed by atoms with van der Waals surface area (Å²) < 4.78 is 27.6. The maximum Gasteiger partial charge on any atom is 0.246 e. The average molecular weight is 453 g/mol. The molecule has 0 aromatic heterocycles. The zero-order chi connectivity index (χ0) is 19.3. The van der Waals surface area contributed by atoms with Gasteiger partial charge in [-0.3, -0.25) is 4.79 Å². The van der Waals surface area contributed by atoms with Crippen molar-refractivity contribution >= 4 is 31.9 Å². The summed E-state index contributed by atoms with van der Waals surface area (Å²) in [5.74, 6) is -0.0768. The fourth-order valence-electron chi connectivity index (χ4n) is 3.41. The second-order valence-electron chi connectivity index (χ2n) is 6.91. The van der Waals surface area contributed by atoms with Gasteiger partial charge < -0.3 is 5.32 Å². The number of carbonyl (C=O) groups excluding carboxylic acids is 1. The zero-order valence-electron chi connectivity index (χ0n) is 15.3. The van der Waals surface area contributed by atoms with Crippen LogP contribution in [-0.2, 0) is 14.8 Å². The normalized spacial score (nSPS) is 18.6. The Kier molecular flexibility index (Phi) is 6.89. The van der Waals surface area contributed by atoms with Crippen LogP contribution in [0.1, 0.15) is 38.5 Å². The third-order valence-electron chi connectivity index (χ3n) is 5.03. The van der Waals surface area contributed by atoms with Gasteiger partial charge >= 0.3 is 0 Å². The quantitative estimate of drug-likeness (QED) is 0.667. The van der Waals surface area contributed by atoms with Crippen molar-refractivity contribution in [3.05, 3.63) is 52.0 Å². The number of nitrogens with zero attached hydrogens (tertiary/aromatic N) is 1. The maximum absolute atomic E-state index is 12.7. The minimum atomic E-state index is -3.53. The van der Waals surface area contributed by atoms with E-state index in [2.05, 4.69) is 27.3 Å². The number of allylic oxidation sites excluding steroid dienone is 1. The van der Waals surface area contributed by atoms with Crippen LogP contribution in [-0.4, -0.2) is 38.3 Å². The molecule has 1 heterocycles. The lowest BCUT2D eigenvalue weighted by Gasteiger charge is -2.25. The highest BCUT2D eigenvalue weighted by Crippen LogP contribution is 2.23. The van der Waals surface area contributed by atoms with Gasteiger partial charge in [0.05, 0.1) is 4.90 Å². The fraction of sp³-hybridized carbons (Fsp3) is 0.450. The van der Waals surface area contributed by atoms with Gasteiger partial charge in [-0.15, -0.1) is 0 Å². The van der Waals surface area contributed by atoms with E-state index < -0.39 is 10.0 Å². The molecule has 1 aromatic carbocycles. The molecular weight excluding hydrogens is 428 g/mol. The van der Waals surface area contributed by atoms with Crippen molar-refractivity contribution in [2.24, 2.45) is 0 Å².